The lowest BCUT2D eigenvalue weighted by molar-refractivity contribution is 0.189. The van der Waals surface area contributed by atoms with E-state index in [9.17, 15) is 13.2 Å². The number of nitrogens with zero attached hydrogens (tertiary/aromatic N) is 2. The zero-order valence-electron chi connectivity index (χ0n) is 14.4. The number of amidine groups is 1. The fraction of sp³-hybridized carbons (Fsp3) is 0.222. The van der Waals surface area contributed by atoms with E-state index in [0.717, 1.165) is 0 Å². The Morgan fingerprint density at radius 1 is 1.37 bits per heavy atom. The number of benzene rings is 1. The molecule has 1 aromatic heterocycles. The van der Waals surface area contributed by atoms with Gasteiger partial charge in [-0.2, -0.15) is 8.78 Å². The van der Waals surface area contributed by atoms with Crippen molar-refractivity contribution in [2.45, 2.75) is 12.5 Å². The van der Waals surface area contributed by atoms with Crippen LogP contribution in [0.2, 0.25) is 0 Å². The molecule has 1 aromatic carbocycles. The lowest BCUT2D eigenvalue weighted by atomic mass is 10.0. The second kappa shape index (κ2) is 7.98. The van der Waals surface area contributed by atoms with Crippen molar-refractivity contribution in [3.63, 3.8) is 0 Å². The number of methoxy groups -OCH3 is 1. The summed E-state index contributed by atoms with van der Waals surface area (Å²) in [6.45, 7) is -0.216. The molecule has 0 amide bonds. The minimum absolute atomic E-state index is 0.0814. The highest BCUT2D eigenvalue weighted by molar-refractivity contribution is 5.82. The van der Waals surface area contributed by atoms with E-state index in [4.69, 9.17) is 15.2 Å². The number of halogens is 3. The summed E-state index contributed by atoms with van der Waals surface area (Å²) in [6, 6.07) is 6.59. The molecule has 27 heavy (non-hydrogen) atoms. The van der Waals surface area contributed by atoms with Gasteiger partial charge in [-0.05, 0) is 35.9 Å². The molecule has 0 aliphatic carbocycles. The topological polar surface area (TPSA) is 81.8 Å². The van der Waals surface area contributed by atoms with Gasteiger partial charge in [-0.15, -0.1) is 0 Å². The van der Waals surface area contributed by atoms with Gasteiger partial charge in [0.05, 0.1) is 7.11 Å². The van der Waals surface area contributed by atoms with Crippen molar-refractivity contribution in [2.24, 2.45) is 10.7 Å². The lowest BCUT2D eigenvalue weighted by Gasteiger charge is -2.22. The Hall–Kier alpha value is -3.23. The molecule has 2 aromatic rings. The Labute approximate surface area is 153 Å². The van der Waals surface area contributed by atoms with Crippen LogP contribution in [0.25, 0.3) is 0 Å². The van der Waals surface area contributed by atoms with Gasteiger partial charge < -0.3 is 20.5 Å². The number of hydrogen-bond donors (Lipinski definition) is 2. The van der Waals surface area contributed by atoms with Crippen molar-refractivity contribution < 1.29 is 22.6 Å². The summed E-state index contributed by atoms with van der Waals surface area (Å²) < 4.78 is 50.5. The normalized spacial score (nSPS) is 16.4. The van der Waals surface area contributed by atoms with Crippen molar-refractivity contribution in [1.82, 2.24) is 4.98 Å². The second-order valence-electron chi connectivity index (χ2n) is 5.74. The molecule has 6 nitrogen and oxygen atoms in total. The Balaban J connectivity index is 1.87. The maximum absolute atomic E-state index is 14.2. The number of ether oxygens (including phenoxy) is 2. The van der Waals surface area contributed by atoms with E-state index in [1.54, 1.807) is 18.3 Å². The molecule has 1 aliphatic rings. The van der Waals surface area contributed by atoms with E-state index in [-0.39, 0.29) is 24.4 Å². The number of nitrogens with one attached hydrogen (secondary N) is 1. The van der Waals surface area contributed by atoms with Gasteiger partial charge in [0.2, 0.25) is 0 Å². The first-order chi connectivity index (χ1) is 13.0. The summed E-state index contributed by atoms with van der Waals surface area (Å²) in [5.74, 6) is -0.111. The predicted molar refractivity (Wildman–Crippen MR) is 94.8 cm³/mol. The van der Waals surface area contributed by atoms with Gasteiger partial charge in [-0.25, -0.2) is 9.37 Å². The quantitative estimate of drug-likeness (QED) is 0.834. The summed E-state index contributed by atoms with van der Waals surface area (Å²) in [5, 5.41) is 3.02. The lowest BCUT2D eigenvalue weighted by Crippen LogP contribution is -2.31. The Bertz CT molecular complexity index is 898. The minimum atomic E-state index is -2.00. The van der Waals surface area contributed by atoms with E-state index in [1.165, 1.54) is 25.3 Å². The Kier molecular flexibility index (Phi) is 5.49. The summed E-state index contributed by atoms with van der Waals surface area (Å²) in [6.07, 6.45) is -0.550. The number of aromatic nitrogens is 1. The third-order valence-corrected chi connectivity index (χ3v) is 3.90. The van der Waals surface area contributed by atoms with Crippen LogP contribution in [0, 0.1) is 5.82 Å². The maximum Gasteiger partial charge on any atom is 0.309 e. The monoisotopic (exact) mass is 378 g/mol. The third kappa shape index (κ3) is 4.30. The molecule has 9 heteroatoms. The van der Waals surface area contributed by atoms with Crippen LogP contribution in [-0.2, 0) is 11.2 Å². The van der Waals surface area contributed by atoms with Gasteiger partial charge in [0.25, 0.3) is 0 Å². The summed E-state index contributed by atoms with van der Waals surface area (Å²) in [4.78, 5) is 8.14. The van der Waals surface area contributed by atoms with Crippen molar-refractivity contribution >= 4 is 17.3 Å². The highest BCUT2D eigenvalue weighted by Crippen LogP contribution is 2.28. The Morgan fingerprint density at radius 3 is 2.93 bits per heavy atom. The van der Waals surface area contributed by atoms with Gasteiger partial charge >= 0.3 is 6.08 Å². The van der Waals surface area contributed by atoms with Crippen molar-refractivity contribution in [3.05, 3.63) is 59.7 Å². The van der Waals surface area contributed by atoms with E-state index in [1.807, 2.05) is 0 Å². The molecule has 0 radical (unpaired) electrons. The molecule has 0 saturated heterocycles. The van der Waals surface area contributed by atoms with Gasteiger partial charge in [-0.1, -0.05) is 0 Å². The first-order valence-electron chi connectivity index (χ1n) is 8.02. The third-order valence-electron chi connectivity index (χ3n) is 3.90. The minimum Gasteiger partial charge on any atom is -0.493 e. The van der Waals surface area contributed by atoms with Crippen molar-refractivity contribution in [3.8, 4) is 5.75 Å². The summed E-state index contributed by atoms with van der Waals surface area (Å²) in [5.41, 5.74) is 6.27. The van der Waals surface area contributed by atoms with E-state index < -0.39 is 23.7 Å². The van der Waals surface area contributed by atoms with Gasteiger partial charge in [-0.3, -0.25) is 4.99 Å². The fourth-order valence-corrected chi connectivity index (χ4v) is 2.67. The van der Waals surface area contributed by atoms with Gasteiger partial charge in [0, 0.05) is 18.3 Å². The zero-order chi connectivity index (χ0) is 19.4. The van der Waals surface area contributed by atoms with E-state index in [0.29, 0.717) is 17.3 Å². The predicted octanol–water partition coefficient (Wildman–Crippen LogP) is 3.38. The van der Waals surface area contributed by atoms with Crippen LogP contribution in [0.4, 0.5) is 24.7 Å². The highest BCUT2D eigenvalue weighted by Gasteiger charge is 2.26. The maximum atomic E-state index is 14.2. The molecular formula is C18H17F3N4O2. The van der Waals surface area contributed by atoms with Crippen LogP contribution in [-0.4, -0.2) is 30.6 Å². The first kappa shape index (κ1) is 18.6. The highest BCUT2D eigenvalue weighted by atomic mass is 19.3. The molecule has 142 valence electrons. The molecule has 3 rings (SSSR count). The number of rotatable bonds is 5. The molecule has 0 unspecified atom stereocenters. The SMILES string of the molecule is COc1cccnc1Nc1ccc(F)c(C[C@H]2N=C(N)COC2=C(F)F)c1. The van der Waals surface area contributed by atoms with Crippen molar-refractivity contribution in [2.75, 3.05) is 19.0 Å². The largest absolute Gasteiger partial charge is 0.493 e. The number of hydrogen-bond acceptors (Lipinski definition) is 6. The molecule has 1 atom stereocenters. The number of aliphatic imine (C=N–C) groups is 1. The van der Waals surface area contributed by atoms with Crippen LogP contribution in [0.3, 0.4) is 0 Å². The van der Waals surface area contributed by atoms with Crippen LogP contribution >= 0.6 is 0 Å². The standard InChI is InChI=1S/C18H17F3N4O2/c1-26-14-3-2-6-23-18(14)24-11-4-5-12(19)10(7-11)8-13-16(17(20)21)27-9-15(22)25-13/h2-7,13H,8-9H2,1H3,(H2,22,25)(H,23,24)/t13-/m1/s1. The average Bonchev–Trinajstić information content (AvgIpc) is 2.64. The Morgan fingerprint density at radius 2 is 2.19 bits per heavy atom. The van der Waals surface area contributed by atoms with Crippen molar-refractivity contribution in [1.29, 1.82) is 0 Å². The molecule has 0 bridgehead atoms. The molecule has 0 saturated carbocycles. The zero-order valence-corrected chi connectivity index (χ0v) is 14.4. The second-order valence-corrected chi connectivity index (χ2v) is 5.74. The molecule has 1 aliphatic heterocycles. The smallest absolute Gasteiger partial charge is 0.309 e. The fourth-order valence-electron chi connectivity index (χ4n) is 2.67. The molecule has 0 spiro atoms. The van der Waals surface area contributed by atoms with Crippen LogP contribution < -0.4 is 15.8 Å². The molecule has 2 heterocycles. The summed E-state index contributed by atoms with van der Waals surface area (Å²) in [7, 11) is 1.50. The van der Waals surface area contributed by atoms with Crippen LogP contribution in [0.5, 0.6) is 5.75 Å². The molecular weight excluding hydrogens is 361 g/mol. The average molecular weight is 378 g/mol. The van der Waals surface area contributed by atoms with Crippen LogP contribution in [0.15, 0.2) is 53.4 Å². The van der Waals surface area contributed by atoms with E-state index >= 15 is 0 Å². The van der Waals surface area contributed by atoms with Crippen LogP contribution in [0.1, 0.15) is 5.56 Å². The van der Waals surface area contributed by atoms with Gasteiger partial charge in [0.1, 0.15) is 24.3 Å². The number of anilines is 2. The molecule has 0 fully saturated rings. The first-order valence-corrected chi connectivity index (χ1v) is 8.02. The van der Waals surface area contributed by atoms with E-state index in [2.05, 4.69) is 15.3 Å². The molecule has 3 N–H and O–H groups in total. The number of pyridine rings is 1. The number of nitrogens with two attached hydrogens (primary N) is 1. The summed E-state index contributed by atoms with van der Waals surface area (Å²) >= 11 is 0. The van der Waals surface area contributed by atoms with Gasteiger partial charge in [0.15, 0.2) is 17.3 Å².